The Morgan fingerprint density at radius 3 is 2.90 bits per heavy atom. The van der Waals surface area contributed by atoms with Crippen LogP contribution in [0.15, 0.2) is 30.3 Å². The minimum Gasteiger partial charge on any atom is -0.323 e. The topological polar surface area (TPSA) is 29.0 Å². The van der Waals surface area contributed by atoms with E-state index in [0.717, 1.165) is 37.3 Å². The van der Waals surface area contributed by atoms with E-state index in [9.17, 15) is 0 Å². The maximum Gasteiger partial charge on any atom is 0.138 e. The van der Waals surface area contributed by atoms with E-state index >= 15 is 0 Å². The summed E-state index contributed by atoms with van der Waals surface area (Å²) >= 11 is 6.20. The van der Waals surface area contributed by atoms with Gasteiger partial charge in [0.2, 0.25) is 0 Å². The van der Waals surface area contributed by atoms with E-state index in [1.807, 2.05) is 6.07 Å². The molecule has 0 amide bonds. The molecule has 0 fully saturated rings. The monoisotopic (exact) mass is 301 g/mol. The van der Waals surface area contributed by atoms with Crippen molar-refractivity contribution in [3.63, 3.8) is 0 Å². The van der Waals surface area contributed by atoms with E-state index in [1.54, 1.807) is 0 Å². The molecule has 0 saturated carbocycles. The largest absolute Gasteiger partial charge is 0.323 e. The lowest BCUT2D eigenvalue weighted by molar-refractivity contribution is 0.611. The van der Waals surface area contributed by atoms with Gasteiger partial charge >= 0.3 is 0 Å². The summed E-state index contributed by atoms with van der Waals surface area (Å²) in [5, 5.41) is 0.527. The van der Waals surface area contributed by atoms with Crippen LogP contribution in [0.3, 0.4) is 0 Å². The lowest BCUT2D eigenvalue weighted by atomic mass is 9.97. The predicted octanol–water partition coefficient (Wildman–Crippen LogP) is 4.56. The smallest absolute Gasteiger partial charge is 0.138 e. The third-order valence-corrected chi connectivity index (χ3v) is 4.17. The summed E-state index contributed by atoms with van der Waals surface area (Å²) < 4.78 is 0. The molecule has 3 nitrogen and oxygen atoms in total. The summed E-state index contributed by atoms with van der Waals surface area (Å²) in [6.07, 6.45) is 4.12. The number of hydrogen-bond donors (Lipinski definition) is 0. The fraction of sp³-hybridized carbons (Fsp3) is 0.412. The van der Waals surface area contributed by atoms with Gasteiger partial charge in [0, 0.05) is 24.2 Å². The molecule has 0 spiro atoms. The molecule has 0 aliphatic carbocycles. The molecule has 1 aliphatic heterocycles. The summed E-state index contributed by atoms with van der Waals surface area (Å²) in [6, 6.07) is 10.8. The van der Waals surface area contributed by atoms with Crippen LogP contribution in [0.25, 0.3) is 0 Å². The molecule has 1 aliphatic rings. The molecule has 2 aromatic rings. The second-order valence-corrected chi connectivity index (χ2v) is 5.99. The number of anilines is 2. The van der Waals surface area contributed by atoms with Crippen molar-refractivity contribution in [2.75, 3.05) is 4.90 Å². The lowest BCUT2D eigenvalue weighted by Crippen LogP contribution is -2.34. The molecule has 1 aromatic heterocycles. The van der Waals surface area contributed by atoms with Crippen LogP contribution in [0, 0.1) is 0 Å². The second-order valence-electron chi connectivity index (χ2n) is 5.60. The maximum absolute atomic E-state index is 6.20. The van der Waals surface area contributed by atoms with Crippen molar-refractivity contribution in [2.24, 2.45) is 0 Å². The number of hydrogen-bond acceptors (Lipinski definition) is 3. The van der Waals surface area contributed by atoms with Crippen molar-refractivity contribution in [2.45, 2.75) is 45.6 Å². The molecule has 1 aromatic carbocycles. The van der Waals surface area contributed by atoms with Crippen LogP contribution < -0.4 is 4.90 Å². The number of rotatable bonds is 3. The highest BCUT2D eigenvalue weighted by molar-refractivity contribution is 6.29. The molecular formula is C17H20ClN3. The van der Waals surface area contributed by atoms with Gasteiger partial charge in [-0.25, -0.2) is 9.97 Å². The van der Waals surface area contributed by atoms with Crippen LogP contribution in [0.5, 0.6) is 0 Å². The van der Waals surface area contributed by atoms with E-state index in [2.05, 4.69) is 48.0 Å². The molecule has 0 radical (unpaired) electrons. The summed E-state index contributed by atoms with van der Waals surface area (Å²) in [6.45, 7) is 4.37. The average Bonchev–Trinajstić information content (AvgIpc) is 2.47. The van der Waals surface area contributed by atoms with E-state index < -0.39 is 0 Å². The highest BCUT2D eigenvalue weighted by Crippen LogP contribution is 2.36. The SMILES string of the molecule is CCCc1nc(Cl)cc(N2c3ccccc3CCC2C)n1. The van der Waals surface area contributed by atoms with Gasteiger partial charge in [0.1, 0.15) is 16.8 Å². The zero-order valence-corrected chi connectivity index (χ0v) is 13.3. The van der Waals surface area contributed by atoms with Crippen LogP contribution in [-0.2, 0) is 12.8 Å². The Balaban J connectivity index is 2.07. The highest BCUT2D eigenvalue weighted by atomic mass is 35.5. The Kier molecular flexibility index (Phi) is 4.11. The predicted molar refractivity (Wildman–Crippen MR) is 87.4 cm³/mol. The van der Waals surface area contributed by atoms with E-state index in [4.69, 9.17) is 16.6 Å². The fourth-order valence-electron chi connectivity index (χ4n) is 2.95. The Bertz CT molecular complexity index is 642. The number of para-hydroxylation sites is 1. The van der Waals surface area contributed by atoms with Crippen molar-refractivity contribution >= 4 is 23.1 Å². The summed E-state index contributed by atoms with van der Waals surface area (Å²) in [5.74, 6) is 1.74. The van der Waals surface area contributed by atoms with Gasteiger partial charge in [-0.2, -0.15) is 0 Å². The molecule has 1 unspecified atom stereocenters. The van der Waals surface area contributed by atoms with Gasteiger partial charge in [0.25, 0.3) is 0 Å². The third kappa shape index (κ3) is 2.88. The van der Waals surface area contributed by atoms with Crippen molar-refractivity contribution in [3.8, 4) is 0 Å². The van der Waals surface area contributed by atoms with E-state index in [1.165, 1.54) is 11.3 Å². The molecule has 4 heteroatoms. The van der Waals surface area contributed by atoms with Crippen molar-refractivity contribution in [1.82, 2.24) is 9.97 Å². The number of nitrogens with zero attached hydrogens (tertiary/aromatic N) is 3. The first-order valence-electron chi connectivity index (χ1n) is 7.59. The van der Waals surface area contributed by atoms with Gasteiger partial charge in [-0.15, -0.1) is 0 Å². The van der Waals surface area contributed by atoms with Gasteiger partial charge in [0.15, 0.2) is 0 Å². The summed E-state index contributed by atoms with van der Waals surface area (Å²) in [5.41, 5.74) is 2.62. The first kappa shape index (κ1) is 14.3. The average molecular weight is 302 g/mol. The highest BCUT2D eigenvalue weighted by Gasteiger charge is 2.25. The van der Waals surface area contributed by atoms with Gasteiger partial charge in [0.05, 0.1) is 0 Å². The van der Waals surface area contributed by atoms with Crippen LogP contribution >= 0.6 is 11.6 Å². The molecule has 110 valence electrons. The first-order chi connectivity index (χ1) is 10.2. The maximum atomic E-state index is 6.20. The number of halogens is 1. The van der Waals surface area contributed by atoms with Crippen LogP contribution in [-0.4, -0.2) is 16.0 Å². The molecule has 0 N–H and O–H groups in total. The number of aromatic nitrogens is 2. The van der Waals surface area contributed by atoms with Gasteiger partial charge < -0.3 is 4.90 Å². The number of benzene rings is 1. The zero-order valence-electron chi connectivity index (χ0n) is 12.5. The standard InChI is InChI=1S/C17H20ClN3/c1-3-6-16-19-15(18)11-17(20-16)21-12(2)9-10-13-7-4-5-8-14(13)21/h4-5,7-8,11-12H,3,6,9-10H2,1-2H3. The van der Waals surface area contributed by atoms with E-state index in [0.29, 0.717) is 11.2 Å². The van der Waals surface area contributed by atoms with Gasteiger partial charge in [-0.1, -0.05) is 36.7 Å². The van der Waals surface area contributed by atoms with Crippen LogP contribution in [0.1, 0.15) is 38.1 Å². The molecular weight excluding hydrogens is 282 g/mol. The Morgan fingerprint density at radius 1 is 1.29 bits per heavy atom. The summed E-state index contributed by atoms with van der Waals surface area (Å²) in [4.78, 5) is 11.4. The normalized spacial score (nSPS) is 17.7. The zero-order chi connectivity index (χ0) is 14.8. The van der Waals surface area contributed by atoms with Crippen molar-refractivity contribution in [1.29, 1.82) is 0 Å². The Labute approximate surface area is 131 Å². The Morgan fingerprint density at radius 2 is 2.10 bits per heavy atom. The quantitative estimate of drug-likeness (QED) is 0.779. The molecule has 0 bridgehead atoms. The first-order valence-corrected chi connectivity index (χ1v) is 7.97. The second kappa shape index (κ2) is 6.02. The minimum absolute atomic E-state index is 0.417. The van der Waals surface area contributed by atoms with Crippen LogP contribution in [0.4, 0.5) is 11.5 Å². The minimum atomic E-state index is 0.417. The third-order valence-electron chi connectivity index (χ3n) is 3.97. The molecule has 21 heavy (non-hydrogen) atoms. The fourth-order valence-corrected chi connectivity index (χ4v) is 3.14. The molecule has 3 rings (SSSR count). The summed E-state index contributed by atoms with van der Waals surface area (Å²) in [7, 11) is 0. The van der Waals surface area contributed by atoms with Crippen molar-refractivity contribution in [3.05, 3.63) is 46.9 Å². The van der Waals surface area contributed by atoms with Crippen molar-refractivity contribution < 1.29 is 0 Å². The van der Waals surface area contributed by atoms with E-state index in [-0.39, 0.29) is 0 Å². The lowest BCUT2D eigenvalue weighted by Gasteiger charge is -2.36. The number of aryl methyl sites for hydroxylation is 2. The van der Waals surface area contributed by atoms with Gasteiger partial charge in [-0.05, 0) is 37.8 Å². The number of fused-ring (bicyclic) bond motifs is 1. The Hall–Kier alpha value is -1.61. The molecule has 2 heterocycles. The van der Waals surface area contributed by atoms with Gasteiger partial charge in [-0.3, -0.25) is 0 Å². The molecule has 1 atom stereocenters. The molecule has 0 saturated heterocycles. The van der Waals surface area contributed by atoms with Crippen LogP contribution in [0.2, 0.25) is 5.15 Å².